The summed E-state index contributed by atoms with van der Waals surface area (Å²) in [4.78, 5) is 49.4. The van der Waals surface area contributed by atoms with Crippen LogP contribution in [0.15, 0.2) is 48.5 Å². The van der Waals surface area contributed by atoms with Crippen molar-refractivity contribution in [2.75, 3.05) is 14.2 Å². The fourth-order valence-corrected chi connectivity index (χ4v) is 2.73. The summed E-state index contributed by atoms with van der Waals surface area (Å²) >= 11 is 0. The van der Waals surface area contributed by atoms with Gasteiger partial charge in [0.1, 0.15) is 11.5 Å². The van der Waals surface area contributed by atoms with E-state index in [9.17, 15) is 39.6 Å². The number of hydrogen-bond acceptors (Lipinski definition) is 8. The lowest BCUT2D eigenvalue weighted by molar-refractivity contribution is -0.187. The normalized spacial score (nSPS) is 14.7. The summed E-state index contributed by atoms with van der Waals surface area (Å²) in [5.74, 6) is -7.68. The maximum atomic E-state index is 12.8. The molecule has 0 spiro atoms. The summed E-state index contributed by atoms with van der Waals surface area (Å²) < 4.78 is 9.81. The monoisotopic (exact) mass is 418 g/mol. The van der Waals surface area contributed by atoms with Gasteiger partial charge in [0, 0.05) is 11.1 Å². The number of carbonyl (C=O) groups is 4. The van der Waals surface area contributed by atoms with Crippen molar-refractivity contribution in [1.29, 1.82) is 0 Å². The van der Waals surface area contributed by atoms with E-state index in [4.69, 9.17) is 9.47 Å². The van der Waals surface area contributed by atoms with Crippen LogP contribution in [-0.4, -0.2) is 69.4 Å². The minimum atomic E-state index is -4.04. The van der Waals surface area contributed by atoms with Crippen LogP contribution in [0.4, 0.5) is 0 Å². The van der Waals surface area contributed by atoms with E-state index in [-0.39, 0.29) is 11.5 Å². The van der Waals surface area contributed by atoms with E-state index in [1.165, 1.54) is 38.5 Å². The first kappa shape index (κ1) is 22.5. The molecule has 2 aromatic carbocycles. The maximum absolute atomic E-state index is 12.8. The second-order valence-electron chi connectivity index (χ2n) is 6.15. The Hall–Kier alpha value is -3.76. The number of benzene rings is 2. The van der Waals surface area contributed by atoms with Crippen LogP contribution >= 0.6 is 0 Å². The standard InChI is InChI=1S/C20H18O10/c1-29-13-7-3-11(4-8-13)15(21)19(27,17(23)24)20(28,18(25)26)16(22)12-5-9-14(30-2)10-6-12/h3-10,27-28H,1-2H3,(H,23,24)(H,25,26)/t19-,20?/m0/s1. The predicted molar refractivity (Wildman–Crippen MR) is 99.8 cm³/mol. The summed E-state index contributed by atoms with van der Waals surface area (Å²) in [6, 6.07) is 9.21. The lowest BCUT2D eigenvalue weighted by Gasteiger charge is -2.34. The number of carboxylic acids is 2. The minimum Gasteiger partial charge on any atom is -0.497 e. The third-order valence-electron chi connectivity index (χ3n) is 4.50. The van der Waals surface area contributed by atoms with Crippen LogP contribution in [0.3, 0.4) is 0 Å². The first-order chi connectivity index (χ1) is 14.0. The second-order valence-corrected chi connectivity index (χ2v) is 6.15. The Bertz CT molecular complexity index is 898. The van der Waals surface area contributed by atoms with E-state index in [1.807, 2.05) is 0 Å². The fraction of sp³-hybridized carbons (Fsp3) is 0.200. The summed E-state index contributed by atoms with van der Waals surface area (Å²) in [7, 11) is 2.67. The van der Waals surface area contributed by atoms with Gasteiger partial charge >= 0.3 is 11.9 Å². The summed E-state index contributed by atoms with van der Waals surface area (Å²) in [6.07, 6.45) is 0. The van der Waals surface area contributed by atoms with Crippen LogP contribution in [-0.2, 0) is 9.59 Å². The Morgan fingerprint density at radius 1 is 0.633 bits per heavy atom. The van der Waals surface area contributed by atoms with Crippen LogP contribution in [0.1, 0.15) is 20.7 Å². The summed E-state index contributed by atoms with van der Waals surface area (Å²) in [5, 5.41) is 40.5. The van der Waals surface area contributed by atoms with E-state index in [2.05, 4.69) is 0 Å². The highest BCUT2D eigenvalue weighted by atomic mass is 16.5. The second kappa shape index (κ2) is 8.31. The van der Waals surface area contributed by atoms with Gasteiger partial charge in [-0.15, -0.1) is 0 Å². The molecule has 0 aliphatic carbocycles. The first-order valence-corrected chi connectivity index (χ1v) is 8.33. The molecule has 0 aliphatic heterocycles. The van der Waals surface area contributed by atoms with Crippen LogP contribution in [0.5, 0.6) is 11.5 Å². The number of methoxy groups -OCH3 is 2. The van der Waals surface area contributed by atoms with Gasteiger partial charge in [-0.25, -0.2) is 9.59 Å². The minimum absolute atomic E-state index is 0.285. The number of carboxylic acid groups (broad SMARTS) is 2. The molecular formula is C20H18O10. The van der Waals surface area contributed by atoms with Crippen LogP contribution in [0, 0.1) is 0 Å². The summed E-state index contributed by atoms with van der Waals surface area (Å²) in [5.41, 5.74) is -9.01. The number of Topliss-reactive ketones (excluding diaryl/α,β-unsaturated/α-hetero) is 2. The van der Waals surface area contributed by atoms with E-state index in [0.29, 0.717) is 0 Å². The highest BCUT2D eigenvalue weighted by molar-refractivity contribution is 6.28. The Morgan fingerprint density at radius 2 is 0.900 bits per heavy atom. The third-order valence-corrected chi connectivity index (χ3v) is 4.50. The van der Waals surface area contributed by atoms with Gasteiger partial charge < -0.3 is 29.9 Å². The Morgan fingerprint density at radius 3 is 1.10 bits per heavy atom. The van der Waals surface area contributed by atoms with Gasteiger partial charge in [0.15, 0.2) is 0 Å². The molecule has 30 heavy (non-hydrogen) atoms. The zero-order valence-corrected chi connectivity index (χ0v) is 15.9. The molecule has 0 amide bonds. The lowest BCUT2D eigenvalue weighted by atomic mass is 9.73. The smallest absolute Gasteiger partial charge is 0.348 e. The molecule has 0 radical (unpaired) electrons. The largest absolute Gasteiger partial charge is 0.497 e. The molecular weight excluding hydrogens is 400 g/mol. The molecule has 0 heterocycles. The van der Waals surface area contributed by atoms with E-state index >= 15 is 0 Å². The van der Waals surface area contributed by atoms with Gasteiger partial charge in [-0.2, -0.15) is 0 Å². The number of ketones is 2. The molecule has 0 aromatic heterocycles. The number of rotatable bonds is 9. The first-order valence-electron chi connectivity index (χ1n) is 8.33. The van der Waals surface area contributed by atoms with Crippen molar-refractivity contribution in [3.8, 4) is 11.5 Å². The zero-order chi connectivity index (χ0) is 22.7. The Kier molecular flexibility index (Phi) is 6.24. The van der Waals surface area contributed by atoms with Gasteiger partial charge in [0.2, 0.25) is 11.6 Å². The van der Waals surface area contributed by atoms with Crippen molar-refractivity contribution >= 4 is 23.5 Å². The molecule has 1 unspecified atom stereocenters. The molecule has 0 saturated heterocycles. The van der Waals surface area contributed by atoms with Crippen molar-refractivity contribution in [2.45, 2.75) is 11.2 Å². The van der Waals surface area contributed by atoms with E-state index in [1.54, 1.807) is 0 Å². The Labute approximate surface area is 169 Å². The maximum Gasteiger partial charge on any atom is 0.348 e. The van der Waals surface area contributed by atoms with Crippen molar-refractivity contribution in [3.63, 3.8) is 0 Å². The molecule has 0 saturated carbocycles. The molecule has 158 valence electrons. The predicted octanol–water partition coefficient (Wildman–Crippen LogP) is 0.401. The molecule has 0 fully saturated rings. The highest BCUT2D eigenvalue weighted by Crippen LogP contribution is 2.32. The topological polar surface area (TPSA) is 168 Å². The van der Waals surface area contributed by atoms with Crippen LogP contribution in [0.25, 0.3) is 0 Å². The van der Waals surface area contributed by atoms with Crippen LogP contribution < -0.4 is 9.47 Å². The van der Waals surface area contributed by atoms with Crippen LogP contribution in [0.2, 0.25) is 0 Å². The number of aliphatic hydroxyl groups is 2. The summed E-state index contributed by atoms with van der Waals surface area (Å²) in [6.45, 7) is 0. The number of carbonyl (C=O) groups excluding carboxylic acids is 2. The lowest BCUT2D eigenvalue weighted by Crippen LogP contribution is -2.71. The molecule has 10 nitrogen and oxygen atoms in total. The molecule has 10 heteroatoms. The molecule has 0 bridgehead atoms. The molecule has 0 aliphatic rings. The molecule has 4 N–H and O–H groups in total. The van der Waals surface area contributed by atoms with Crippen molar-refractivity contribution in [3.05, 3.63) is 59.7 Å². The van der Waals surface area contributed by atoms with Gasteiger partial charge in [0.25, 0.3) is 11.2 Å². The van der Waals surface area contributed by atoms with Gasteiger partial charge in [0.05, 0.1) is 14.2 Å². The number of ether oxygens (including phenoxy) is 2. The highest BCUT2D eigenvalue weighted by Gasteiger charge is 2.69. The average molecular weight is 418 g/mol. The molecule has 2 rings (SSSR count). The average Bonchev–Trinajstić information content (AvgIpc) is 2.76. The Balaban J connectivity index is 2.64. The van der Waals surface area contributed by atoms with Gasteiger partial charge in [-0.1, -0.05) is 0 Å². The molecule has 2 atom stereocenters. The van der Waals surface area contributed by atoms with Gasteiger partial charge in [-0.3, -0.25) is 9.59 Å². The van der Waals surface area contributed by atoms with Crippen molar-refractivity contribution < 1.29 is 49.1 Å². The quantitative estimate of drug-likeness (QED) is 0.330. The molecule has 2 aromatic rings. The van der Waals surface area contributed by atoms with Crippen molar-refractivity contribution in [1.82, 2.24) is 0 Å². The van der Waals surface area contributed by atoms with Crippen molar-refractivity contribution in [2.24, 2.45) is 0 Å². The SMILES string of the molecule is COc1ccc(C(=O)C(O)(C(=O)O)[C@@](O)(C(=O)O)C(=O)c2ccc(OC)cc2)cc1. The van der Waals surface area contributed by atoms with E-state index in [0.717, 1.165) is 24.3 Å². The zero-order valence-electron chi connectivity index (χ0n) is 15.9. The van der Waals surface area contributed by atoms with Gasteiger partial charge in [-0.05, 0) is 48.5 Å². The third kappa shape index (κ3) is 3.49. The van der Waals surface area contributed by atoms with E-state index < -0.39 is 45.8 Å². The number of aliphatic carboxylic acids is 2. The fourth-order valence-electron chi connectivity index (χ4n) is 2.73. The number of hydrogen-bond donors (Lipinski definition) is 4.